The lowest BCUT2D eigenvalue weighted by Gasteiger charge is -2.12. The second-order valence-electron chi connectivity index (χ2n) is 4.64. The van der Waals surface area contributed by atoms with Gasteiger partial charge in [-0.3, -0.25) is 9.59 Å². The minimum absolute atomic E-state index is 0.00837. The van der Waals surface area contributed by atoms with Crippen LogP contribution in [-0.2, 0) is 29.1 Å². The molecule has 9 heteroatoms. The Bertz CT molecular complexity index is 527. The van der Waals surface area contributed by atoms with Crippen LogP contribution in [-0.4, -0.2) is 54.3 Å². The third-order valence-electron chi connectivity index (χ3n) is 2.82. The average molecular weight is 349 g/mol. The summed E-state index contributed by atoms with van der Waals surface area (Å²) >= 11 is 1.31. The summed E-state index contributed by atoms with van der Waals surface area (Å²) in [6.45, 7) is 3.47. The van der Waals surface area contributed by atoms with Crippen molar-refractivity contribution >= 4 is 39.4 Å². The van der Waals surface area contributed by atoms with E-state index >= 15 is 0 Å². The predicted molar refractivity (Wildman–Crippen MR) is 82.6 cm³/mol. The van der Waals surface area contributed by atoms with Crippen LogP contribution >= 0.6 is 11.8 Å². The van der Waals surface area contributed by atoms with E-state index in [0.717, 1.165) is 0 Å². The highest BCUT2D eigenvalue weighted by molar-refractivity contribution is 8.00. The molecule has 1 heterocycles. The van der Waals surface area contributed by atoms with Crippen LogP contribution in [0, 0.1) is 0 Å². The third-order valence-corrected chi connectivity index (χ3v) is 5.75. The van der Waals surface area contributed by atoms with Crippen LogP contribution in [0.2, 0.25) is 0 Å². The van der Waals surface area contributed by atoms with E-state index in [1.807, 2.05) is 0 Å². The Morgan fingerprint density at radius 2 is 1.86 bits per heavy atom. The molecule has 0 aliphatic carbocycles. The lowest BCUT2D eigenvalue weighted by molar-refractivity contribution is -0.197. The number of imide groups is 1. The van der Waals surface area contributed by atoms with Gasteiger partial charge in [0.1, 0.15) is 0 Å². The predicted octanol–water partition coefficient (Wildman–Crippen LogP) is 0.708. The Morgan fingerprint density at radius 1 is 1.23 bits per heavy atom. The normalized spacial score (nSPS) is 15.2. The smallest absolute Gasteiger partial charge is 0.330 e. The number of thioether (sulfide) groups is 1. The van der Waals surface area contributed by atoms with Crippen LogP contribution in [0.25, 0.3) is 0 Å². The lowest BCUT2D eigenvalue weighted by atomic mass is 10.4. The van der Waals surface area contributed by atoms with Gasteiger partial charge in [-0.15, -0.1) is 11.6 Å². The summed E-state index contributed by atoms with van der Waals surface area (Å²) < 4.78 is 23.1. The highest BCUT2D eigenvalue weighted by atomic mass is 32.2. The molecule has 1 rings (SSSR count). The van der Waals surface area contributed by atoms with Crippen molar-refractivity contribution in [3.05, 3.63) is 12.7 Å². The SMILES string of the molecule is C=CCCS(=O)(=O)CCSCCC(=O)ON1C(=O)CCC1=O. The maximum absolute atomic E-state index is 11.6. The first-order chi connectivity index (χ1) is 10.4. The van der Waals surface area contributed by atoms with E-state index in [1.54, 1.807) is 6.08 Å². The Hall–Kier alpha value is -1.35. The van der Waals surface area contributed by atoms with Crippen LogP contribution < -0.4 is 0 Å². The first-order valence-electron chi connectivity index (χ1n) is 6.81. The van der Waals surface area contributed by atoms with Crippen LogP contribution in [0.3, 0.4) is 0 Å². The van der Waals surface area contributed by atoms with Gasteiger partial charge in [-0.25, -0.2) is 13.2 Å². The Kier molecular flexibility index (Phi) is 7.60. The number of nitrogens with zero attached hydrogens (tertiary/aromatic N) is 1. The number of hydrogen-bond donors (Lipinski definition) is 0. The van der Waals surface area contributed by atoms with Gasteiger partial charge in [0.15, 0.2) is 9.84 Å². The molecule has 2 amide bonds. The number of hydroxylamine groups is 2. The molecular weight excluding hydrogens is 330 g/mol. The molecule has 1 saturated heterocycles. The van der Waals surface area contributed by atoms with Gasteiger partial charge in [-0.05, 0) is 6.42 Å². The fraction of sp³-hybridized carbons (Fsp3) is 0.615. The highest BCUT2D eigenvalue weighted by Gasteiger charge is 2.32. The molecule has 1 fully saturated rings. The van der Waals surface area contributed by atoms with Crippen molar-refractivity contribution in [1.82, 2.24) is 5.06 Å². The first kappa shape index (κ1) is 18.7. The quantitative estimate of drug-likeness (QED) is 0.325. The van der Waals surface area contributed by atoms with E-state index in [1.165, 1.54) is 11.8 Å². The standard InChI is InChI=1S/C13H19NO6S2/c1-2-3-9-22(18,19)10-8-21-7-6-13(17)20-14-11(15)4-5-12(14)16/h2H,1,3-10H2. The maximum Gasteiger partial charge on any atom is 0.334 e. The van der Waals surface area contributed by atoms with Gasteiger partial charge < -0.3 is 4.84 Å². The second-order valence-corrected chi connectivity index (χ2v) is 8.17. The summed E-state index contributed by atoms with van der Waals surface area (Å²) in [5.74, 6) is -0.827. The van der Waals surface area contributed by atoms with Crippen molar-refractivity contribution in [2.24, 2.45) is 0 Å². The minimum Gasteiger partial charge on any atom is -0.330 e. The first-order valence-corrected chi connectivity index (χ1v) is 9.79. The zero-order valence-corrected chi connectivity index (χ0v) is 13.8. The Labute approximate surface area is 133 Å². The molecule has 0 N–H and O–H groups in total. The molecule has 7 nitrogen and oxygen atoms in total. The van der Waals surface area contributed by atoms with Crippen LogP contribution in [0.4, 0.5) is 0 Å². The molecule has 0 unspecified atom stereocenters. The number of carbonyl (C=O) groups is 3. The largest absolute Gasteiger partial charge is 0.334 e. The topological polar surface area (TPSA) is 97.8 Å². The molecule has 0 aromatic heterocycles. The van der Waals surface area contributed by atoms with E-state index < -0.39 is 27.6 Å². The van der Waals surface area contributed by atoms with Crippen molar-refractivity contribution < 1.29 is 27.6 Å². The zero-order valence-electron chi connectivity index (χ0n) is 12.2. The van der Waals surface area contributed by atoms with Crippen LogP contribution in [0.1, 0.15) is 25.7 Å². The average Bonchev–Trinajstić information content (AvgIpc) is 2.76. The number of sulfone groups is 1. The molecule has 0 saturated carbocycles. The molecule has 0 bridgehead atoms. The number of allylic oxidation sites excluding steroid dienone is 1. The molecule has 0 radical (unpaired) electrons. The summed E-state index contributed by atoms with van der Waals surface area (Å²) in [7, 11) is -3.08. The molecule has 1 aliphatic rings. The van der Waals surface area contributed by atoms with E-state index in [9.17, 15) is 22.8 Å². The molecule has 124 valence electrons. The number of carbonyl (C=O) groups excluding carboxylic acids is 3. The van der Waals surface area contributed by atoms with Crippen molar-refractivity contribution in [3.8, 4) is 0 Å². The highest BCUT2D eigenvalue weighted by Crippen LogP contribution is 2.13. The van der Waals surface area contributed by atoms with Gasteiger partial charge in [0, 0.05) is 24.3 Å². The second kappa shape index (κ2) is 8.94. The zero-order chi connectivity index (χ0) is 16.6. The lowest BCUT2D eigenvalue weighted by Crippen LogP contribution is -2.32. The van der Waals surface area contributed by atoms with E-state index in [4.69, 9.17) is 0 Å². The Morgan fingerprint density at radius 3 is 2.45 bits per heavy atom. The fourth-order valence-electron chi connectivity index (χ4n) is 1.61. The summed E-state index contributed by atoms with van der Waals surface area (Å²) in [5.41, 5.74) is 0. The van der Waals surface area contributed by atoms with Crippen molar-refractivity contribution in [2.45, 2.75) is 25.7 Å². The molecule has 0 aromatic carbocycles. The van der Waals surface area contributed by atoms with Crippen molar-refractivity contribution in [1.29, 1.82) is 0 Å². The molecule has 1 aliphatic heterocycles. The molecule has 0 aromatic rings. The van der Waals surface area contributed by atoms with Crippen LogP contribution in [0.5, 0.6) is 0 Å². The number of hydrogen-bond acceptors (Lipinski definition) is 7. The van der Waals surface area contributed by atoms with E-state index in [2.05, 4.69) is 11.4 Å². The van der Waals surface area contributed by atoms with E-state index in [-0.39, 0.29) is 30.8 Å². The number of rotatable bonds is 10. The van der Waals surface area contributed by atoms with Gasteiger partial charge in [0.05, 0.1) is 17.9 Å². The van der Waals surface area contributed by atoms with E-state index in [0.29, 0.717) is 23.0 Å². The molecule has 22 heavy (non-hydrogen) atoms. The molecule has 0 spiro atoms. The molecule has 0 atom stereocenters. The molecular formula is C13H19NO6S2. The van der Waals surface area contributed by atoms with Crippen molar-refractivity contribution in [2.75, 3.05) is 23.0 Å². The van der Waals surface area contributed by atoms with Gasteiger partial charge in [0.25, 0.3) is 11.8 Å². The van der Waals surface area contributed by atoms with Gasteiger partial charge in [-0.2, -0.15) is 11.8 Å². The van der Waals surface area contributed by atoms with Crippen molar-refractivity contribution in [3.63, 3.8) is 0 Å². The Balaban J connectivity index is 2.16. The third kappa shape index (κ3) is 6.61. The van der Waals surface area contributed by atoms with Crippen LogP contribution in [0.15, 0.2) is 12.7 Å². The van der Waals surface area contributed by atoms with Gasteiger partial charge >= 0.3 is 5.97 Å². The van der Waals surface area contributed by atoms with Gasteiger partial charge in [-0.1, -0.05) is 6.08 Å². The number of amides is 2. The van der Waals surface area contributed by atoms with Gasteiger partial charge in [0.2, 0.25) is 0 Å². The maximum atomic E-state index is 11.6. The minimum atomic E-state index is -3.08. The fourth-order valence-corrected chi connectivity index (χ4v) is 4.35. The summed E-state index contributed by atoms with van der Waals surface area (Å²) in [6.07, 6.45) is 2.11. The summed E-state index contributed by atoms with van der Waals surface area (Å²) in [6, 6.07) is 0. The summed E-state index contributed by atoms with van der Waals surface area (Å²) in [5, 5.41) is 0.507. The summed E-state index contributed by atoms with van der Waals surface area (Å²) in [4.78, 5) is 38.7. The monoisotopic (exact) mass is 349 g/mol.